The average Bonchev–Trinajstić information content (AvgIpc) is 3.16. The fourth-order valence-corrected chi connectivity index (χ4v) is 4.90. The minimum atomic E-state index is -4.62. The molecule has 1 atom stereocenters. The maximum atomic E-state index is 13.3. The predicted molar refractivity (Wildman–Crippen MR) is 111 cm³/mol. The Balaban J connectivity index is 1.50. The van der Waals surface area contributed by atoms with Crippen LogP contribution in [0.5, 0.6) is 0 Å². The monoisotopic (exact) mass is 461 g/mol. The Morgan fingerprint density at radius 1 is 1.27 bits per heavy atom. The number of aromatic nitrogens is 2. The second-order valence-corrected chi connectivity index (χ2v) is 8.56. The molecular weight excluding hydrogens is 439 g/mol. The van der Waals surface area contributed by atoms with Gasteiger partial charge in [-0.2, -0.15) is 23.5 Å². The van der Waals surface area contributed by atoms with Crippen LogP contribution < -0.4 is 10.5 Å². The van der Waals surface area contributed by atoms with Crippen molar-refractivity contribution in [3.63, 3.8) is 0 Å². The van der Waals surface area contributed by atoms with Crippen molar-refractivity contribution in [2.75, 3.05) is 37.7 Å². The van der Waals surface area contributed by atoms with Crippen LogP contribution in [-0.4, -0.2) is 58.9 Å². The molecule has 2 aliphatic rings. The number of likely N-dealkylation sites (tertiary alicyclic amines) is 1. The first-order chi connectivity index (χ1) is 15.7. The second-order valence-electron chi connectivity index (χ2n) is 8.56. The number of hydrogen-bond acceptors (Lipinski definition) is 6. The normalized spacial score (nSPS) is 20.2. The van der Waals surface area contributed by atoms with E-state index in [9.17, 15) is 27.9 Å². The molecule has 1 unspecified atom stereocenters. The number of aromatic amines is 1. The number of H-pyrrole nitrogens is 1. The van der Waals surface area contributed by atoms with E-state index in [4.69, 9.17) is 5.26 Å². The van der Waals surface area contributed by atoms with Gasteiger partial charge < -0.3 is 14.9 Å². The van der Waals surface area contributed by atoms with Crippen molar-refractivity contribution >= 4 is 11.6 Å². The highest BCUT2D eigenvalue weighted by Crippen LogP contribution is 2.46. The number of anilines is 1. The van der Waals surface area contributed by atoms with Crippen LogP contribution in [0.25, 0.3) is 0 Å². The average molecular weight is 461 g/mol. The van der Waals surface area contributed by atoms with Gasteiger partial charge in [-0.25, -0.2) is 5.10 Å². The van der Waals surface area contributed by atoms with Crippen molar-refractivity contribution in [3.8, 4) is 6.07 Å². The maximum absolute atomic E-state index is 13.3. The molecule has 3 heterocycles. The molecule has 4 rings (SSSR count). The summed E-state index contributed by atoms with van der Waals surface area (Å²) < 4.78 is 40.0. The fourth-order valence-electron chi connectivity index (χ4n) is 4.90. The van der Waals surface area contributed by atoms with Gasteiger partial charge in [-0.05, 0) is 42.5 Å². The largest absolute Gasteiger partial charge is 0.417 e. The molecule has 8 nitrogen and oxygen atoms in total. The number of nitriles is 1. The summed E-state index contributed by atoms with van der Waals surface area (Å²) in [6.07, 6.45) is -3.45. The predicted octanol–water partition coefficient (Wildman–Crippen LogP) is 2.01. The number of rotatable bonds is 3. The van der Waals surface area contributed by atoms with Crippen LogP contribution in [0.1, 0.15) is 34.5 Å². The number of halogens is 3. The molecule has 174 valence electrons. The second kappa shape index (κ2) is 8.51. The highest BCUT2D eigenvalue weighted by Gasteiger charge is 2.49. The summed E-state index contributed by atoms with van der Waals surface area (Å²) in [6.45, 7) is 1.54. The number of nitrogens with one attached hydrogen (secondary N) is 1. The molecule has 2 N–H and O–H groups in total. The molecule has 0 saturated carbocycles. The molecule has 11 heteroatoms. The van der Waals surface area contributed by atoms with Crippen molar-refractivity contribution in [1.29, 1.82) is 5.26 Å². The number of carbonyl (C=O) groups excluding carboxylic acids is 1. The Bertz CT molecular complexity index is 1130. The third kappa shape index (κ3) is 4.30. The van der Waals surface area contributed by atoms with Crippen LogP contribution in [-0.2, 0) is 6.18 Å². The molecule has 2 aromatic rings. The maximum Gasteiger partial charge on any atom is 0.417 e. The Morgan fingerprint density at radius 3 is 2.58 bits per heavy atom. The van der Waals surface area contributed by atoms with Gasteiger partial charge in [0.1, 0.15) is 5.69 Å². The summed E-state index contributed by atoms with van der Waals surface area (Å²) in [6, 6.07) is 7.87. The number of amides is 1. The summed E-state index contributed by atoms with van der Waals surface area (Å²) in [7, 11) is 0. The van der Waals surface area contributed by atoms with E-state index in [1.807, 2.05) is 4.90 Å². The molecule has 0 aliphatic carbocycles. The lowest BCUT2D eigenvalue weighted by Crippen LogP contribution is -2.45. The highest BCUT2D eigenvalue weighted by molar-refractivity contribution is 5.92. The van der Waals surface area contributed by atoms with Gasteiger partial charge in [-0.3, -0.25) is 9.59 Å². The molecule has 2 fully saturated rings. The van der Waals surface area contributed by atoms with Crippen LogP contribution >= 0.6 is 0 Å². The zero-order chi connectivity index (χ0) is 23.8. The zero-order valence-electron chi connectivity index (χ0n) is 17.6. The number of benzene rings is 1. The van der Waals surface area contributed by atoms with Gasteiger partial charge in [0.25, 0.3) is 11.5 Å². The molecule has 2 aliphatic heterocycles. The number of hydrogen-bond donors (Lipinski definition) is 2. The van der Waals surface area contributed by atoms with Crippen molar-refractivity contribution in [2.24, 2.45) is 11.3 Å². The third-order valence-corrected chi connectivity index (χ3v) is 6.77. The first-order valence-corrected chi connectivity index (χ1v) is 10.5. The molecule has 1 amide bonds. The topological polar surface area (TPSA) is 113 Å². The Labute approximate surface area is 187 Å². The van der Waals surface area contributed by atoms with Gasteiger partial charge in [0.15, 0.2) is 0 Å². The van der Waals surface area contributed by atoms with E-state index >= 15 is 0 Å². The van der Waals surface area contributed by atoms with E-state index in [1.165, 1.54) is 24.3 Å². The van der Waals surface area contributed by atoms with E-state index in [0.717, 1.165) is 6.07 Å². The number of piperidine rings is 1. The molecule has 1 spiro atoms. The van der Waals surface area contributed by atoms with E-state index in [1.54, 1.807) is 11.0 Å². The van der Waals surface area contributed by atoms with Crippen molar-refractivity contribution in [2.45, 2.75) is 19.0 Å². The van der Waals surface area contributed by atoms with Crippen LogP contribution in [0.4, 0.5) is 18.9 Å². The summed E-state index contributed by atoms with van der Waals surface area (Å²) >= 11 is 0. The fraction of sp³-hybridized carbons (Fsp3) is 0.455. The summed E-state index contributed by atoms with van der Waals surface area (Å²) in [4.78, 5) is 27.5. The van der Waals surface area contributed by atoms with Crippen molar-refractivity contribution in [3.05, 3.63) is 57.5 Å². The zero-order valence-corrected chi connectivity index (χ0v) is 17.6. The molecule has 0 radical (unpaired) electrons. The van der Waals surface area contributed by atoms with E-state index in [2.05, 4.69) is 10.2 Å². The van der Waals surface area contributed by atoms with Crippen molar-refractivity contribution in [1.82, 2.24) is 15.1 Å². The standard InChI is InChI=1S/C22H22F3N5O3/c23-22(24,25)17-9-16(2-1-14(17)10-26)29-7-5-21(6-8-29)13-30(11-15(21)12-31)20(33)18-3-4-19(32)28-27-18/h1-4,9,15,31H,5-8,11-13H2,(H,28,32). The number of alkyl halides is 3. The summed E-state index contributed by atoms with van der Waals surface area (Å²) in [5.41, 5.74) is -1.65. The number of nitrogens with zero attached hydrogens (tertiary/aromatic N) is 4. The smallest absolute Gasteiger partial charge is 0.396 e. The van der Waals surface area contributed by atoms with E-state index in [0.29, 0.717) is 44.7 Å². The SMILES string of the molecule is N#Cc1ccc(N2CCC3(CC2)CN(C(=O)c2ccc(=O)[nH]n2)CC3CO)cc1C(F)(F)F. The van der Waals surface area contributed by atoms with Gasteiger partial charge in [0.2, 0.25) is 0 Å². The molecular formula is C22H22F3N5O3. The lowest BCUT2D eigenvalue weighted by atomic mass is 9.71. The van der Waals surface area contributed by atoms with Gasteiger partial charge in [0, 0.05) is 50.5 Å². The molecule has 1 aromatic heterocycles. The van der Waals surface area contributed by atoms with Crippen LogP contribution in [0.2, 0.25) is 0 Å². The number of aliphatic hydroxyl groups excluding tert-OH is 1. The van der Waals surface area contributed by atoms with E-state index in [-0.39, 0.29) is 29.5 Å². The van der Waals surface area contributed by atoms with Crippen LogP contribution in [0.3, 0.4) is 0 Å². The first-order valence-electron chi connectivity index (χ1n) is 10.5. The van der Waals surface area contributed by atoms with Gasteiger partial charge in [0.05, 0.1) is 17.2 Å². The van der Waals surface area contributed by atoms with Crippen LogP contribution in [0.15, 0.2) is 35.1 Å². The van der Waals surface area contributed by atoms with Crippen LogP contribution in [0, 0.1) is 22.7 Å². The minimum Gasteiger partial charge on any atom is -0.396 e. The quantitative estimate of drug-likeness (QED) is 0.723. The molecule has 33 heavy (non-hydrogen) atoms. The van der Waals surface area contributed by atoms with Gasteiger partial charge in [-0.1, -0.05) is 0 Å². The van der Waals surface area contributed by atoms with E-state index < -0.39 is 22.9 Å². The van der Waals surface area contributed by atoms with Crippen molar-refractivity contribution < 1.29 is 23.1 Å². The Morgan fingerprint density at radius 2 is 2.00 bits per heavy atom. The highest BCUT2D eigenvalue weighted by atomic mass is 19.4. The summed E-state index contributed by atoms with van der Waals surface area (Å²) in [5, 5.41) is 25.0. The van der Waals surface area contributed by atoms with Gasteiger partial charge in [-0.15, -0.1) is 0 Å². The number of carbonyl (C=O) groups is 1. The van der Waals surface area contributed by atoms with Gasteiger partial charge >= 0.3 is 6.18 Å². The minimum absolute atomic E-state index is 0.109. The Kier molecular flexibility index (Phi) is 5.88. The lowest BCUT2D eigenvalue weighted by Gasteiger charge is -2.43. The summed E-state index contributed by atoms with van der Waals surface area (Å²) in [5.74, 6) is -0.510. The molecule has 1 aromatic carbocycles. The molecule has 0 bridgehead atoms. The molecule has 2 saturated heterocycles. The third-order valence-electron chi connectivity index (χ3n) is 6.77. The number of aliphatic hydroxyl groups is 1. The lowest BCUT2D eigenvalue weighted by molar-refractivity contribution is -0.137. The first kappa shape index (κ1) is 22.8. The Hall–Kier alpha value is -3.39.